The van der Waals surface area contributed by atoms with E-state index in [0.29, 0.717) is 18.3 Å². The standard InChI is InChI=1S/C16H26N2O3/c1-6-14-11(2)7-15(21-14)16(19)18(4)9-12-8-13(20-5)10-17(12)3/h7,12-13H,6,8-10H2,1-5H3/t12-,13-/m0/s1. The van der Waals surface area contributed by atoms with E-state index in [2.05, 4.69) is 11.9 Å². The van der Waals surface area contributed by atoms with Crippen LogP contribution in [0.3, 0.4) is 0 Å². The van der Waals surface area contributed by atoms with Crippen molar-refractivity contribution >= 4 is 5.91 Å². The van der Waals surface area contributed by atoms with E-state index in [-0.39, 0.29) is 12.0 Å². The zero-order valence-electron chi connectivity index (χ0n) is 13.7. The molecule has 0 spiro atoms. The molecule has 0 aromatic carbocycles. The van der Waals surface area contributed by atoms with Gasteiger partial charge < -0.3 is 14.1 Å². The minimum atomic E-state index is -0.0490. The van der Waals surface area contributed by atoms with E-state index in [0.717, 1.165) is 30.7 Å². The number of hydrogen-bond acceptors (Lipinski definition) is 4. The minimum absolute atomic E-state index is 0.0490. The summed E-state index contributed by atoms with van der Waals surface area (Å²) in [6, 6.07) is 2.18. The van der Waals surface area contributed by atoms with Crippen LogP contribution in [0.2, 0.25) is 0 Å². The number of ether oxygens (including phenoxy) is 1. The summed E-state index contributed by atoms with van der Waals surface area (Å²) in [7, 11) is 5.65. The van der Waals surface area contributed by atoms with Gasteiger partial charge in [-0.1, -0.05) is 6.92 Å². The average molecular weight is 294 g/mol. The van der Waals surface area contributed by atoms with Crippen LogP contribution in [-0.2, 0) is 11.2 Å². The Morgan fingerprint density at radius 3 is 2.81 bits per heavy atom. The van der Waals surface area contributed by atoms with Crippen LogP contribution in [0.25, 0.3) is 0 Å². The molecule has 0 saturated carbocycles. The molecule has 1 aromatic rings. The highest BCUT2D eigenvalue weighted by atomic mass is 16.5. The second kappa shape index (κ2) is 6.62. The van der Waals surface area contributed by atoms with E-state index < -0.39 is 0 Å². The molecule has 5 heteroatoms. The first-order valence-electron chi connectivity index (χ1n) is 7.54. The molecule has 1 aliphatic rings. The van der Waals surface area contributed by atoms with Gasteiger partial charge in [-0.15, -0.1) is 0 Å². The Hall–Kier alpha value is -1.33. The topological polar surface area (TPSA) is 45.9 Å². The quantitative estimate of drug-likeness (QED) is 0.832. The molecule has 5 nitrogen and oxygen atoms in total. The van der Waals surface area contributed by atoms with Crippen LogP contribution >= 0.6 is 0 Å². The van der Waals surface area contributed by atoms with Gasteiger partial charge in [0.25, 0.3) is 5.91 Å². The molecule has 0 radical (unpaired) electrons. The van der Waals surface area contributed by atoms with Crippen LogP contribution < -0.4 is 0 Å². The first-order chi connectivity index (χ1) is 9.96. The van der Waals surface area contributed by atoms with Crippen LogP contribution in [-0.4, -0.2) is 62.1 Å². The number of aryl methyl sites for hydroxylation is 2. The number of amides is 1. The van der Waals surface area contributed by atoms with E-state index in [1.807, 2.05) is 27.0 Å². The van der Waals surface area contributed by atoms with Crippen molar-refractivity contribution in [2.75, 3.05) is 34.3 Å². The summed E-state index contributed by atoms with van der Waals surface area (Å²) in [4.78, 5) is 16.5. The number of carbonyl (C=O) groups excluding carboxylic acids is 1. The summed E-state index contributed by atoms with van der Waals surface area (Å²) in [5.74, 6) is 1.28. The highest BCUT2D eigenvalue weighted by molar-refractivity contribution is 5.91. The van der Waals surface area contributed by atoms with Gasteiger partial charge in [0.2, 0.25) is 0 Å². The SMILES string of the molecule is CCc1oc(C(=O)N(C)C[C@@H]2C[C@H](OC)CN2C)cc1C. The van der Waals surface area contributed by atoms with Crippen molar-refractivity contribution in [2.24, 2.45) is 0 Å². The van der Waals surface area contributed by atoms with Gasteiger partial charge in [0.05, 0.1) is 6.10 Å². The molecule has 0 N–H and O–H groups in total. The molecule has 1 aromatic heterocycles. The Kier molecular flexibility index (Phi) is 5.06. The average Bonchev–Trinajstić information content (AvgIpc) is 3.01. The summed E-state index contributed by atoms with van der Waals surface area (Å²) in [6.07, 6.45) is 2.03. The van der Waals surface area contributed by atoms with Gasteiger partial charge in [0.1, 0.15) is 5.76 Å². The first kappa shape index (κ1) is 16.0. The number of hydrogen-bond donors (Lipinski definition) is 0. The molecule has 0 unspecified atom stereocenters. The molecule has 21 heavy (non-hydrogen) atoms. The third-order valence-corrected chi connectivity index (χ3v) is 4.37. The molecule has 1 amide bonds. The Morgan fingerprint density at radius 1 is 1.57 bits per heavy atom. The summed E-state index contributed by atoms with van der Waals surface area (Å²) in [6.45, 7) is 5.62. The third kappa shape index (κ3) is 3.47. The van der Waals surface area contributed by atoms with Gasteiger partial charge in [0, 0.05) is 39.7 Å². The predicted molar refractivity (Wildman–Crippen MR) is 81.6 cm³/mol. The normalized spacial score (nSPS) is 22.7. The number of nitrogens with zero attached hydrogens (tertiary/aromatic N) is 2. The molecular weight excluding hydrogens is 268 g/mol. The largest absolute Gasteiger partial charge is 0.456 e. The van der Waals surface area contributed by atoms with Gasteiger partial charge in [0.15, 0.2) is 5.76 Å². The van der Waals surface area contributed by atoms with Crippen LogP contribution in [0.5, 0.6) is 0 Å². The van der Waals surface area contributed by atoms with Gasteiger partial charge in [-0.2, -0.15) is 0 Å². The van der Waals surface area contributed by atoms with Crippen LogP contribution in [0.4, 0.5) is 0 Å². The number of carbonyl (C=O) groups is 1. The van der Waals surface area contributed by atoms with E-state index in [9.17, 15) is 4.79 Å². The third-order valence-electron chi connectivity index (χ3n) is 4.37. The van der Waals surface area contributed by atoms with Crippen LogP contribution in [0.15, 0.2) is 10.5 Å². The first-order valence-corrected chi connectivity index (χ1v) is 7.54. The van der Waals surface area contributed by atoms with E-state index in [1.54, 1.807) is 12.0 Å². The van der Waals surface area contributed by atoms with E-state index in [4.69, 9.17) is 9.15 Å². The maximum Gasteiger partial charge on any atom is 0.289 e. The lowest BCUT2D eigenvalue weighted by molar-refractivity contribution is 0.0727. The van der Waals surface area contributed by atoms with Gasteiger partial charge in [-0.05, 0) is 32.0 Å². The molecule has 2 atom stereocenters. The smallest absolute Gasteiger partial charge is 0.289 e. The van der Waals surface area contributed by atoms with Crippen molar-refractivity contribution in [2.45, 2.75) is 38.8 Å². The highest BCUT2D eigenvalue weighted by Crippen LogP contribution is 2.20. The number of furan rings is 1. The van der Waals surface area contributed by atoms with Crippen LogP contribution in [0, 0.1) is 6.92 Å². The van der Waals surface area contributed by atoms with Crippen molar-refractivity contribution in [1.29, 1.82) is 0 Å². The van der Waals surface area contributed by atoms with Gasteiger partial charge in [-0.3, -0.25) is 9.69 Å². The fourth-order valence-corrected chi connectivity index (χ4v) is 2.98. The summed E-state index contributed by atoms with van der Waals surface area (Å²) in [5.41, 5.74) is 1.05. The number of likely N-dealkylation sites (N-methyl/N-ethyl adjacent to an activating group) is 2. The number of likely N-dealkylation sites (tertiary alicyclic amines) is 1. The number of methoxy groups -OCH3 is 1. The van der Waals surface area contributed by atoms with Crippen LogP contribution in [0.1, 0.15) is 35.2 Å². The fraction of sp³-hybridized carbons (Fsp3) is 0.688. The molecule has 118 valence electrons. The monoisotopic (exact) mass is 294 g/mol. The van der Waals surface area contributed by atoms with E-state index >= 15 is 0 Å². The molecule has 1 saturated heterocycles. The van der Waals surface area contributed by atoms with Gasteiger partial charge in [-0.25, -0.2) is 0 Å². The molecule has 0 aliphatic carbocycles. The summed E-state index contributed by atoms with van der Waals surface area (Å²) in [5, 5.41) is 0. The van der Waals surface area contributed by atoms with Crippen molar-refractivity contribution < 1.29 is 13.9 Å². The van der Waals surface area contributed by atoms with Gasteiger partial charge >= 0.3 is 0 Å². The van der Waals surface area contributed by atoms with Crippen molar-refractivity contribution in [3.05, 3.63) is 23.2 Å². The molecule has 2 rings (SSSR count). The summed E-state index contributed by atoms with van der Waals surface area (Å²) >= 11 is 0. The van der Waals surface area contributed by atoms with Crippen molar-refractivity contribution in [3.8, 4) is 0 Å². The predicted octanol–water partition coefficient (Wildman–Crippen LogP) is 1.94. The van der Waals surface area contributed by atoms with Crippen molar-refractivity contribution in [1.82, 2.24) is 9.80 Å². The Labute approximate surface area is 126 Å². The maximum absolute atomic E-state index is 12.5. The minimum Gasteiger partial charge on any atom is -0.456 e. The Bertz CT molecular complexity index is 498. The zero-order valence-corrected chi connectivity index (χ0v) is 13.7. The highest BCUT2D eigenvalue weighted by Gasteiger charge is 2.31. The molecule has 1 aliphatic heterocycles. The Balaban J connectivity index is 1.99. The molecule has 1 fully saturated rings. The maximum atomic E-state index is 12.5. The van der Waals surface area contributed by atoms with Crippen molar-refractivity contribution in [3.63, 3.8) is 0 Å². The second-order valence-electron chi connectivity index (χ2n) is 5.94. The molecule has 2 heterocycles. The Morgan fingerprint density at radius 2 is 2.29 bits per heavy atom. The second-order valence-corrected chi connectivity index (χ2v) is 5.94. The fourth-order valence-electron chi connectivity index (χ4n) is 2.98. The lowest BCUT2D eigenvalue weighted by Crippen LogP contribution is -2.39. The van der Waals surface area contributed by atoms with E-state index in [1.165, 1.54) is 0 Å². The lowest BCUT2D eigenvalue weighted by atomic mass is 10.2. The molecular formula is C16H26N2O3. The zero-order chi connectivity index (χ0) is 15.6. The molecule has 0 bridgehead atoms. The summed E-state index contributed by atoms with van der Waals surface area (Å²) < 4.78 is 11.1. The number of rotatable bonds is 5. The lowest BCUT2D eigenvalue weighted by Gasteiger charge is -2.24.